The van der Waals surface area contributed by atoms with Gasteiger partial charge in [-0.05, 0) is 36.0 Å². The van der Waals surface area contributed by atoms with Crippen molar-refractivity contribution in [1.82, 2.24) is 0 Å². The van der Waals surface area contributed by atoms with Crippen molar-refractivity contribution in [2.75, 3.05) is 0 Å². The fourth-order valence-electron chi connectivity index (χ4n) is 5.19. The number of benzene rings is 1. The van der Waals surface area contributed by atoms with Crippen molar-refractivity contribution < 1.29 is 34.8 Å². The molecule has 9 heteroatoms. The summed E-state index contributed by atoms with van der Waals surface area (Å²) in [6.45, 7) is 1.65. The molecule has 158 valence electrons. The normalized spacial score (nSPS) is 30.7. The number of nitrogens with two attached hydrogens (primary N) is 2. The molecule has 4 rings (SSSR count). The van der Waals surface area contributed by atoms with Gasteiger partial charge in [0.1, 0.15) is 22.8 Å². The van der Waals surface area contributed by atoms with Crippen molar-refractivity contribution in [1.29, 1.82) is 0 Å². The molecular weight excluding hydrogens is 392 g/mol. The number of aromatic hydroxyl groups is 1. The van der Waals surface area contributed by atoms with Gasteiger partial charge in [-0.15, -0.1) is 0 Å². The fraction of sp³-hybridized carbons (Fsp3) is 0.381. The number of phenols is 1. The summed E-state index contributed by atoms with van der Waals surface area (Å²) in [6.07, 6.45) is 0.339. The Kier molecular flexibility index (Phi) is 4.30. The van der Waals surface area contributed by atoms with Gasteiger partial charge in [-0.1, -0.05) is 13.0 Å². The molecular formula is C21H22N2O7. The number of phenolic OH excluding ortho intramolecular Hbond substituents is 1. The summed E-state index contributed by atoms with van der Waals surface area (Å²) < 4.78 is 0. The summed E-state index contributed by atoms with van der Waals surface area (Å²) in [5.41, 5.74) is 8.64. The molecule has 1 amide bonds. The molecule has 3 aliphatic rings. The molecule has 1 aromatic carbocycles. The summed E-state index contributed by atoms with van der Waals surface area (Å²) in [7, 11) is 0. The average molecular weight is 414 g/mol. The van der Waals surface area contributed by atoms with Crippen molar-refractivity contribution >= 4 is 17.5 Å². The lowest BCUT2D eigenvalue weighted by molar-refractivity contribution is -0.147. The van der Waals surface area contributed by atoms with E-state index < -0.39 is 57.9 Å². The van der Waals surface area contributed by atoms with Gasteiger partial charge in [0.05, 0.1) is 5.56 Å². The van der Waals surface area contributed by atoms with Crippen LogP contribution >= 0.6 is 0 Å². The molecule has 0 spiro atoms. The molecule has 0 aromatic heterocycles. The zero-order valence-corrected chi connectivity index (χ0v) is 16.2. The predicted octanol–water partition coefficient (Wildman–Crippen LogP) is 0.285. The van der Waals surface area contributed by atoms with E-state index in [0.717, 1.165) is 0 Å². The SMILES string of the molecule is C[C@@H]1C(O)=C(C(N)=O)C(=O)[C@@]2(O)C(O)=C3C(=O)c4c(O)ccc(CN)c4CC3CC12. The van der Waals surface area contributed by atoms with E-state index in [0.29, 0.717) is 11.1 Å². The summed E-state index contributed by atoms with van der Waals surface area (Å²) in [4.78, 5) is 37.9. The maximum absolute atomic E-state index is 13.2. The molecule has 3 aliphatic carbocycles. The standard InChI is InChI=1S/C21H22N2O7/c1-7-11-5-9-4-10-8(6-22)2-3-12(24)14(10)17(26)13(9)18(27)21(11,30)19(28)15(16(7)25)20(23)29/h2-3,7,9,11,24-25,27,30H,4-6,22H2,1H3,(H2,23,29)/t7-,9?,11?,21-/m0/s1. The smallest absolute Gasteiger partial charge is 0.255 e. The molecule has 0 saturated heterocycles. The van der Waals surface area contributed by atoms with Crippen LogP contribution in [-0.4, -0.2) is 43.5 Å². The number of carbonyl (C=O) groups is 3. The van der Waals surface area contributed by atoms with Crippen LogP contribution in [0.1, 0.15) is 34.8 Å². The lowest BCUT2D eigenvalue weighted by Crippen LogP contribution is -2.59. The Bertz CT molecular complexity index is 1090. The van der Waals surface area contributed by atoms with Crippen LogP contribution < -0.4 is 11.5 Å². The highest BCUT2D eigenvalue weighted by atomic mass is 16.3. The number of primary amides is 1. The zero-order chi connectivity index (χ0) is 22.1. The number of amides is 1. The van der Waals surface area contributed by atoms with Crippen molar-refractivity contribution in [3.63, 3.8) is 0 Å². The van der Waals surface area contributed by atoms with Crippen LogP contribution in [0.3, 0.4) is 0 Å². The van der Waals surface area contributed by atoms with Crippen LogP contribution in [0.25, 0.3) is 0 Å². The van der Waals surface area contributed by atoms with Gasteiger partial charge in [-0.25, -0.2) is 0 Å². The largest absolute Gasteiger partial charge is 0.511 e. The number of ketones is 2. The van der Waals surface area contributed by atoms with Crippen LogP contribution in [-0.2, 0) is 22.6 Å². The monoisotopic (exact) mass is 414 g/mol. The summed E-state index contributed by atoms with van der Waals surface area (Å²) in [5, 5.41) is 42.9. The maximum Gasteiger partial charge on any atom is 0.255 e. The minimum Gasteiger partial charge on any atom is -0.511 e. The number of fused-ring (bicyclic) bond motifs is 3. The number of Topliss-reactive ketones (excluding diaryl/α,β-unsaturated/α-hetero) is 2. The first-order valence-electron chi connectivity index (χ1n) is 9.57. The molecule has 0 fully saturated rings. The van der Waals surface area contributed by atoms with E-state index in [1.165, 1.54) is 13.0 Å². The van der Waals surface area contributed by atoms with E-state index in [-0.39, 0.29) is 36.3 Å². The molecule has 0 aliphatic heterocycles. The number of carbonyl (C=O) groups excluding carboxylic acids is 3. The van der Waals surface area contributed by atoms with E-state index in [1.54, 1.807) is 6.07 Å². The Morgan fingerprint density at radius 3 is 2.50 bits per heavy atom. The van der Waals surface area contributed by atoms with Gasteiger partial charge in [0.15, 0.2) is 11.4 Å². The van der Waals surface area contributed by atoms with Crippen LogP contribution in [0.2, 0.25) is 0 Å². The number of hydrogen-bond acceptors (Lipinski definition) is 8. The number of hydrogen-bond donors (Lipinski definition) is 6. The lowest BCUT2D eigenvalue weighted by Gasteiger charge is -2.48. The van der Waals surface area contributed by atoms with E-state index in [9.17, 15) is 34.8 Å². The summed E-state index contributed by atoms with van der Waals surface area (Å²) >= 11 is 0. The van der Waals surface area contributed by atoms with Crippen LogP contribution in [0.5, 0.6) is 5.75 Å². The minimum atomic E-state index is -2.57. The van der Waals surface area contributed by atoms with Gasteiger partial charge in [-0.2, -0.15) is 0 Å². The van der Waals surface area contributed by atoms with Crippen LogP contribution in [0, 0.1) is 17.8 Å². The first kappa shape index (κ1) is 20.1. The minimum absolute atomic E-state index is 0.0254. The molecule has 30 heavy (non-hydrogen) atoms. The molecule has 0 saturated carbocycles. The van der Waals surface area contributed by atoms with E-state index >= 15 is 0 Å². The summed E-state index contributed by atoms with van der Waals surface area (Å²) in [6, 6.07) is 2.95. The highest BCUT2D eigenvalue weighted by molar-refractivity contribution is 6.24. The molecule has 9 nitrogen and oxygen atoms in total. The molecule has 0 heterocycles. The molecule has 1 aromatic rings. The zero-order valence-electron chi connectivity index (χ0n) is 16.2. The average Bonchev–Trinajstić information content (AvgIpc) is 2.68. The van der Waals surface area contributed by atoms with Crippen molar-refractivity contribution in [3.8, 4) is 5.75 Å². The Balaban J connectivity index is 1.95. The van der Waals surface area contributed by atoms with Gasteiger partial charge in [0.25, 0.3) is 5.91 Å². The topological polar surface area (TPSA) is 184 Å². The third-order valence-electron chi connectivity index (χ3n) is 6.74. The fourth-order valence-corrected chi connectivity index (χ4v) is 5.19. The first-order chi connectivity index (χ1) is 14.0. The third-order valence-corrected chi connectivity index (χ3v) is 6.74. The Hall–Kier alpha value is -3.17. The van der Waals surface area contributed by atoms with Gasteiger partial charge in [-0.3, -0.25) is 14.4 Å². The number of rotatable bonds is 2. The van der Waals surface area contributed by atoms with Gasteiger partial charge in [0, 0.05) is 24.0 Å². The number of allylic oxidation sites excluding steroid dienone is 2. The molecule has 8 N–H and O–H groups in total. The number of aliphatic hydroxyl groups is 3. The highest BCUT2D eigenvalue weighted by Crippen LogP contribution is 2.53. The molecule has 2 unspecified atom stereocenters. The first-order valence-corrected chi connectivity index (χ1v) is 9.57. The van der Waals surface area contributed by atoms with E-state index in [4.69, 9.17) is 11.5 Å². The van der Waals surface area contributed by atoms with E-state index in [1.807, 2.05) is 0 Å². The van der Waals surface area contributed by atoms with Crippen LogP contribution in [0.4, 0.5) is 0 Å². The Morgan fingerprint density at radius 1 is 1.23 bits per heavy atom. The van der Waals surface area contributed by atoms with Gasteiger partial charge >= 0.3 is 0 Å². The summed E-state index contributed by atoms with van der Waals surface area (Å²) in [5.74, 6) is -7.29. The second-order valence-electron chi connectivity index (χ2n) is 8.14. The van der Waals surface area contributed by atoms with Crippen molar-refractivity contribution in [2.45, 2.75) is 31.9 Å². The predicted molar refractivity (Wildman–Crippen MR) is 103 cm³/mol. The van der Waals surface area contributed by atoms with Crippen molar-refractivity contribution in [3.05, 3.63) is 51.5 Å². The van der Waals surface area contributed by atoms with Gasteiger partial charge < -0.3 is 31.9 Å². The lowest BCUT2D eigenvalue weighted by atomic mass is 9.57. The molecule has 0 radical (unpaired) electrons. The highest BCUT2D eigenvalue weighted by Gasteiger charge is 2.61. The quantitative estimate of drug-likeness (QED) is 0.373. The Morgan fingerprint density at radius 2 is 1.90 bits per heavy atom. The van der Waals surface area contributed by atoms with Crippen molar-refractivity contribution in [2.24, 2.45) is 29.2 Å². The molecule has 0 bridgehead atoms. The second-order valence-corrected chi connectivity index (χ2v) is 8.14. The molecule has 4 atom stereocenters. The van der Waals surface area contributed by atoms with Crippen LogP contribution in [0.15, 0.2) is 34.8 Å². The van der Waals surface area contributed by atoms with E-state index in [2.05, 4.69) is 0 Å². The number of aliphatic hydroxyl groups excluding tert-OH is 2. The third kappa shape index (κ3) is 2.33. The maximum atomic E-state index is 13.2. The Labute approximate surface area is 171 Å². The second kappa shape index (κ2) is 6.41. The van der Waals surface area contributed by atoms with Gasteiger partial charge in [0.2, 0.25) is 5.78 Å².